The molecule has 3 aromatic rings. The molecular weight excluding hydrogens is 426 g/mol. The molecule has 0 saturated heterocycles. The lowest BCUT2D eigenvalue weighted by Gasteiger charge is -2.25. The molecule has 0 spiro atoms. The number of nitrogens with zero attached hydrogens (tertiary/aromatic N) is 3. The summed E-state index contributed by atoms with van der Waals surface area (Å²) >= 11 is 0. The van der Waals surface area contributed by atoms with E-state index in [2.05, 4.69) is 23.0 Å². The Kier molecular flexibility index (Phi) is 8.02. The van der Waals surface area contributed by atoms with Crippen LogP contribution in [-0.2, 0) is 18.3 Å². The zero-order chi connectivity index (χ0) is 23.9. The van der Waals surface area contributed by atoms with Crippen molar-refractivity contribution in [3.63, 3.8) is 0 Å². The summed E-state index contributed by atoms with van der Waals surface area (Å²) in [6, 6.07) is 18.2. The smallest absolute Gasteiger partial charge is 0.222 e. The maximum Gasteiger partial charge on any atom is 0.222 e. The first-order valence-corrected chi connectivity index (χ1v) is 11.8. The lowest BCUT2D eigenvalue weighted by Crippen LogP contribution is -2.36. The number of terminal acetylenes is 1. The second-order valence-corrected chi connectivity index (χ2v) is 9.05. The summed E-state index contributed by atoms with van der Waals surface area (Å²) < 4.78 is 13.6. The largest absolute Gasteiger partial charge is 0.439 e. The number of aromatic nitrogens is 2. The van der Waals surface area contributed by atoms with Gasteiger partial charge in [-0.1, -0.05) is 48.4 Å². The zero-order valence-corrected chi connectivity index (χ0v) is 20.0. The lowest BCUT2D eigenvalue weighted by molar-refractivity contribution is 0.0250. The van der Waals surface area contributed by atoms with E-state index < -0.39 is 6.10 Å². The molecule has 0 radical (unpaired) electrons. The summed E-state index contributed by atoms with van der Waals surface area (Å²) in [6.45, 7) is 4.49. The van der Waals surface area contributed by atoms with E-state index in [9.17, 15) is 5.11 Å². The van der Waals surface area contributed by atoms with Gasteiger partial charge < -0.3 is 14.6 Å². The van der Waals surface area contributed by atoms with E-state index in [4.69, 9.17) is 21.0 Å². The molecule has 0 unspecified atom stereocenters. The van der Waals surface area contributed by atoms with Crippen molar-refractivity contribution < 1.29 is 14.6 Å². The number of aliphatic hydroxyl groups excluding tert-OH is 1. The molecule has 4 rings (SSSR count). The van der Waals surface area contributed by atoms with Crippen LogP contribution in [0.15, 0.2) is 54.6 Å². The fourth-order valence-electron chi connectivity index (χ4n) is 4.14. The van der Waals surface area contributed by atoms with Crippen LogP contribution in [0, 0.1) is 25.2 Å². The molecule has 1 fully saturated rings. The van der Waals surface area contributed by atoms with Crippen LogP contribution in [0.1, 0.15) is 24.0 Å². The number of rotatable bonds is 12. The molecule has 0 aliphatic heterocycles. The highest BCUT2D eigenvalue weighted by Crippen LogP contribution is 2.36. The van der Waals surface area contributed by atoms with Gasteiger partial charge in [0.2, 0.25) is 5.88 Å². The van der Waals surface area contributed by atoms with Crippen molar-refractivity contribution >= 4 is 0 Å². The van der Waals surface area contributed by atoms with Crippen LogP contribution in [0.25, 0.3) is 11.3 Å². The highest BCUT2D eigenvalue weighted by molar-refractivity contribution is 5.65. The SMILES string of the molecule is C#CCOC[C@H](O)CN(Cc1c(-c2ccccc2)nn(C)c1Oc1cccc(C)c1)CC1CC1. The van der Waals surface area contributed by atoms with Crippen molar-refractivity contribution in [1.29, 1.82) is 0 Å². The Morgan fingerprint density at radius 2 is 2.00 bits per heavy atom. The van der Waals surface area contributed by atoms with Crippen LogP contribution >= 0.6 is 0 Å². The predicted octanol–water partition coefficient (Wildman–Crippen LogP) is 4.41. The van der Waals surface area contributed by atoms with Gasteiger partial charge in [0.25, 0.3) is 0 Å². The number of hydrogen-bond acceptors (Lipinski definition) is 5. The lowest BCUT2D eigenvalue weighted by atomic mass is 10.1. The molecule has 1 aliphatic rings. The third kappa shape index (κ3) is 6.48. The minimum absolute atomic E-state index is 0.203. The Morgan fingerprint density at radius 1 is 1.21 bits per heavy atom. The van der Waals surface area contributed by atoms with E-state index >= 15 is 0 Å². The van der Waals surface area contributed by atoms with E-state index in [0.717, 1.165) is 34.7 Å². The topological polar surface area (TPSA) is 59.8 Å². The highest BCUT2D eigenvalue weighted by Gasteiger charge is 2.28. The minimum atomic E-state index is -0.620. The number of hydrogen-bond donors (Lipinski definition) is 1. The fraction of sp³-hybridized carbons (Fsp3) is 0.393. The molecule has 1 atom stereocenters. The van der Waals surface area contributed by atoms with Crippen molar-refractivity contribution in [3.05, 3.63) is 65.7 Å². The molecule has 0 amide bonds. The van der Waals surface area contributed by atoms with Crippen molar-refractivity contribution in [3.8, 4) is 35.2 Å². The van der Waals surface area contributed by atoms with Gasteiger partial charge in [-0.05, 0) is 43.4 Å². The molecule has 178 valence electrons. The highest BCUT2D eigenvalue weighted by atomic mass is 16.5. The number of aryl methyl sites for hydroxylation is 2. The summed E-state index contributed by atoms with van der Waals surface area (Å²) in [5, 5.41) is 15.4. The summed E-state index contributed by atoms with van der Waals surface area (Å²) in [4.78, 5) is 2.29. The van der Waals surface area contributed by atoms with Crippen LogP contribution in [0.5, 0.6) is 11.6 Å². The number of aliphatic hydroxyl groups is 1. The number of ether oxygens (including phenoxy) is 2. The van der Waals surface area contributed by atoms with Crippen LogP contribution in [0.3, 0.4) is 0 Å². The van der Waals surface area contributed by atoms with Crippen LogP contribution in [-0.4, -0.2) is 52.2 Å². The van der Waals surface area contributed by atoms with E-state index in [1.54, 1.807) is 0 Å². The monoisotopic (exact) mass is 459 g/mol. The van der Waals surface area contributed by atoms with Crippen molar-refractivity contribution in [1.82, 2.24) is 14.7 Å². The molecule has 34 heavy (non-hydrogen) atoms. The zero-order valence-electron chi connectivity index (χ0n) is 20.0. The molecule has 1 saturated carbocycles. The second kappa shape index (κ2) is 11.3. The molecule has 2 aromatic carbocycles. The van der Waals surface area contributed by atoms with E-state index in [1.165, 1.54) is 12.8 Å². The Balaban J connectivity index is 1.64. The first kappa shape index (κ1) is 24.0. The van der Waals surface area contributed by atoms with Gasteiger partial charge in [0, 0.05) is 32.2 Å². The van der Waals surface area contributed by atoms with Gasteiger partial charge in [0.15, 0.2) is 0 Å². The maximum absolute atomic E-state index is 10.6. The minimum Gasteiger partial charge on any atom is -0.439 e. The summed E-state index contributed by atoms with van der Waals surface area (Å²) in [6.07, 6.45) is 7.10. The van der Waals surface area contributed by atoms with E-state index in [1.807, 2.05) is 61.1 Å². The maximum atomic E-state index is 10.6. The summed E-state index contributed by atoms with van der Waals surface area (Å²) in [5.41, 5.74) is 4.07. The molecule has 1 aromatic heterocycles. The molecule has 6 nitrogen and oxygen atoms in total. The van der Waals surface area contributed by atoms with Crippen molar-refractivity contribution in [2.24, 2.45) is 13.0 Å². The third-order valence-corrected chi connectivity index (χ3v) is 5.90. The van der Waals surface area contributed by atoms with Gasteiger partial charge in [-0.15, -0.1) is 6.42 Å². The quantitative estimate of drug-likeness (QED) is 0.321. The predicted molar refractivity (Wildman–Crippen MR) is 134 cm³/mol. The molecule has 1 N–H and O–H groups in total. The van der Waals surface area contributed by atoms with E-state index in [-0.39, 0.29) is 13.2 Å². The van der Waals surface area contributed by atoms with Gasteiger partial charge in [-0.25, -0.2) is 4.68 Å². The van der Waals surface area contributed by atoms with Crippen molar-refractivity contribution in [2.45, 2.75) is 32.4 Å². The van der Waals surface area contributed by atoms with Gasteiger partial charge in [0.1, 0.15) is 18.1 Å². The Hall–Kier alpha value is -3.11. The second-order valence-electron chi connectivity index (χ2n) is 9.05. The molecule has 6 heteroatoms. The van der Waals surface area contributed by atoms with Gasteiger partial charge in [-0.2, -0.15) is 5.10 Å². The average Bonchev–Trinajstić information content (AvgIpc) is 3.59. The summed E-state index contributed by atoms with van der Waals surface area (Å²) in [7, 11) is 1.91. The average molecular weight is 460 g/mol. The first-order valence-electron chi connectivity index (χ1n) is 11.8. The van der Waals surface area contributed by atoms with Crippen LogP contribution in [0.2, 0.25) is 0 Å². The molecule has 1 heterocycles. The first-order chi connectivity index (χ1) is 16.5. The van der Waals surface area contributed by atoms with Gasteiger partial charge in [0.05, 0.1) is 18.3 Å². The third-order valence-electron chi connectivity index (χ3n) is 5.90. The summed E-state index contributed by atoms with van der Waals surface area (Å²) in [5.74, 6) is 4.60. The van der Waals surface area contributed by atoms with Crippen molar-refractivity contribution in [2.75, 3.05) is 26.3 Å². The Morgan fingerprint density at radius 3 is 2.71 bits per heavy atom. The normalized spacial score (nSPS) is 14.2. The Bertz CT molecular complexity index is 1120. The van der Waals surface area contributed by atoms with Crippen LogP contribution in [0.4, 0.5) is 0 Å². The Labute approximate surface area is 202 Å². The van der Waals surface area contributed by atoms with E-state index in [0.29, 0.717) is 24.9 Å². The van der Waals surface area contributed by atoms with Gasteiger partial charge >= 0.3 is 0 Å². The molecular formula is C28H33N3O3. The van der Waals surface area contributed by atoms with Crippen LogP contribution < -0.4 is 4.74 Å². The molecule has 1 aliphatic carbocycles. The standard InChI is InChI=1S/C28H33N3O3/c1-4-15-33-20-24(32)18-31(17-22-13-14-22)19-26-27(23-10-6-5-7-11-23)29-30(3)28(26)34-25-12-8-9-21(2)16-25/h1,5-12,16,22,24,32H,13-15,17-20H2,2-3H3/t24-/m1/s1. The fourth-order valence-corrected chi connectivity index (χ4v) is 4.14. The van der Waals surface area contributed by atoms with Gasteiger partial charge in [-0.3, -0.25) is 4.90 Å². The number of benzene rings is 2. The molecule has 0 bridgehead atoms.